The fourth-order valence-corrected chi connectivity index (χ4v) is 3.26. The molecule has 3 heterocycles. The highest BCUT2D eigenvalue weighted by molar-refractivity contribution is 5.85. The molecule has 1 N–H and O–H groups in total. The van der Waals surface area contributed by atoms with E-state index in [2.05, 4.69) is 50.5 Å². The maximum absolute atomic E-state index is 4.28. The Morgan fingerprint density at radius 2 is 1.96 bits per heavy atom. The largest absolute Gasteiger partial charge is 0.314 e. The molecule has 0 amide bonds. The lowest BCUT2D eigenvalue weighted by molar-refractivity contribution is 0.153. The van der Waals surface area contributed by atoms with Crippen molar-refractivity contribution in [3.63, 3.8) is 0 Å². The minimum absolute atomic E-state index is 0. The summed E-state index contributed by atoms with van der Waals surface area (Å²) in [5.41, 5.74) is 3.75. The van der Waals surface area contributed by atoms with Crippen molar-refractivity contribution in [3.8, 4) is 5.69 Å². The highest BCUT2D eigenvalue weighted by Gasteiger charge is 2.23. The second-order valence-corrected chi connectivity index (χ2v) is 6.11. The van der Waals surface area contributed by atoms with Crippen molar-refractivity contribution in [1.29, 1.82) is 0 Å². The standard InChI is InChI=1S/C19H21N5.ClH/c1-2-17(12-20-7-1)19-13-21-8-10-23(19)14-16-3-5-18(6-4-16)24-11-9-22-15-24;/h1-7,9,11-12,15,19,21H,8,10,13-14H2;1H. The molecular weight excluding hydrogens is 334 g/mol. The van der Waals surface area contributed by atoms with Gasteiger partial charge in [0.1, 0.15) is 0 Å². The Morgan fingerprint density at radius 1 is 1.08 bits per heavy atom. The van der Waals surface area contributed by atoms with Gasteiger partial charge >= 0.3 is 0 Å². The number of aromatic nitrogens is 3. The quantitative estimate of drug-likeness (QED) is 0.781. The summed E-state index contributed by atoms with van der Waals surface area (Å²) in [7, 11) is 0. The average molecular weight is 356 g/mol. The van der Waals surface area contributed by atoms with E-state index >= 15 is 0 Å². The third-order valence-corrected chi connectivity index (χ3v) is 4.55. The monoisotopic (exact) mass is 355 g/mol. The van der Waals surface area contributed by atoms with Crippen LogP contribution >= 0.6 is 12.4 Å². The molecule has 1 aliphatic rings. The Morgan fingerprint density at radius 3 is 2.68 bits per heavy atom. The van der Waals surface area contributed by atoms with Gasteiger partial charge < -0.3 is 9.88 Å². The summed E-state index contributed by atoms with van der Waals surface area (Å²) in [6, 6.07) is 13.3. The van der Waals surface area contributed by atoms with Crippen molar-refractivity contribution in [2.75, 3.05) is 19.6 Å². The molecule has 1 fully saturated rings. The Bertz CT molecular complexity index is 758. The van der Waals surface area contributed by atoms with E-state index in [4.69, 9.17) is 0 Å². The fraction of sp³-hybridized carbons (Fsp3) is 0.263. The minimum Gasteiger partial charge on any atom is -0.314 e. The molecule has 1 aromatic carbocycles. The van der Waals surface area contributed by atoms with E-state index < -0.39 is 0 Å². The molecule has 2 aromatic heterocycles. The van der Waals surface area contributed by atoms with Gasteiger partial charge in [0.2, 0.25) is 0 Å². The van der Waals surface area contributed by atoms with Crippen molar-refractivity contribution in [2.45, 2.75) is 12.6 Å². The molecule has 0 saturated carbocycles. The topological polar surface area (TPSA) is 46.0 Å². The number of rotatable bonds is 4. The summed E-state index contributed by atoms with van der Waals surface area (Å²) in [5.74, 6) is 0. The minimum atomic E-state index is 0. The molecule has 130 valence electrons. The maximum Gasteiger partial charge on any atom is 0.0991 e. The molecule has 5 nitrogen and oxygen atoms in total. The average Bonchev–Trinajstić information content (AvgIpc) is 3.18. The van der Waals surface area contributed by atoms with Crippen LogP contribution in [0.3, 0.4) is 0 Å². The third kappa shape index (κ3) is 4.07. The van der Waals surface area contributed by atoms with Crippen LogP contribution in [0.25, 0.3) is 5.69 Å². The SMILES string of the molecule is Cl.c1cncc(C2CNCCN2Cc2ccc(-n3ccnc3)cc2)c1. The number of pyridine rings is 1. The summed E-state index contributed by atoms with van der Waals surface area (Å²) in [6.07, 6.45) is 9.40. The molecule has 4 rings (SSSR count). The number of halogens is 1. The van der Waals surface area contributed by atoms with Crippen LogP contribution in [0.5, 0.6) is 0 Å². The number of nitrogens with one attached hydrogen (secondary N) is 1. The van der Waals surface area contributed by atoms with Crippen LogP contribution in [0.2, 0.25) is 0 Å². The number of nitrogens with zero attached hydrogens (tertiary/aromatic N) is 4. The predicted molar refractivity (Wildman–Crippen MR) is 101 cm³/mol. The van der Waals surface area contributed by atoms with E-state index in [1.807, 2.05) is 35.6 Å². The first-order valence-corrected chi connectivity index (χ1v) is 8.32. The van der Waals surface area contributed by atoms with Gasteiger partial charge in [-0.2, -0.15) is 0 Å². The highest BCUT2D eigenvalue weighted by atomic mass is 35.5. The van der Waals surface area contributed by atoms with Gasteiger partial charge in [-0.3, -0.25) is 9.88 Å². The van der Waals surface area contributed by atoms with Crippen molar-refractivity contribution in [2.24, 2.45) is 0 Å². The predicted octanol–water partition coefficient (Wildman–Crippen LogP) is 2.84. The van der Waals surface area contributed by atoms with E-state index in [1.54, 1.807) is 6.20 Å². The number of imidazole rings is 1. The number of hydrogen-bond acceptors (Lipinski definition) is 4. The van der Waals surface area contributed by atoms with Crippen LogP contribution in [0.1, 0.15) is 17.2 Å². The third-order valence-electron chi connectivity index (χ3n) is 4.55. The molecule has 1 aliphatic heterocycles. The number of hydrogen-bond donors (Lipinski definition) is 1. The van der Waals surface area contributed by atoms with Gasteiger partial charge in [-0.25, -0.2) is 4.98 Å². The van der Waals surface area contributed by atoms with Crippen LogP contribution in [0, 0.1) is 0 Å². The zero-order valence-electron chi connectivity index (χ0n) is 14.0. The summed E-state index contributed by atoms with van der Waals surface area (Å²) in [4.78, 5) is 10.9. The van der Waals surface area contributed by atoms with Gasteiger partial charge in [-0.15, -0.1) is 12.4 Å². The maximum atomic E-state index is 4.28. The molecule has 0 radical (unpaired) electrons. The van der Waals surface area contributed by atoms with Gasteiger partial charge in [0.15, 0.2) is 0 Å². The molecule has 1 unspecified atom stereocenters. The number of benzene rings is 1. The van der Waals surface area contributed by atoms with Crippen molar-refractivity contribution in [1.82, 2.24) is 24.8 Å². The van der Waals surface area contributed by atoms with Crippen LogP contribution < -0.4 is 5.32 Å². The molecule has 6 heteroatoms. The lowest BCUT2D eigenvalue weighted by Gasteiger charge is -2.36. The summed E-state index contributed by atoms with van der Waals surface area (Å²) < 4.78 is 2.02. The molecule has 3 aromatic rings. The molecule has 0 spiro atoms. The van der Waals surface area contributed by atoms with Crippen molar-refractivity contribution < 1.29 is 0 Å². The van der Waals surface area contributed by atoms with Crippen molar-refractivity contribution >= 4 is 12.4 Å². The fourth-order valence-electron chi connectivity index (χ4n) is 3.26. The van der Waals surface area contributed by atoms with Crippen LogP contribution in [0.15, 0.2) is 67.5 Å². The van der Waals surface area contributed by atoms with E-state index in [-0.39, 0.29) is 12.4 Å². The summed E-state index contributed by atoms with van der Waals surface area (Å²) in [6.45, 7) is 4.00. The molecule has 0 bridgehead atoms. The van der Waals surface area contributed by atoms with Gasteiger partial charge in [-0.1, -0.05) is 18.2 Å². The molecule has 1 saturated heterocycles. The van der Waals surface area contributed by atoms with E-state index in [1.165, 1.54) is 11.1 Å². The molecule has 25 heavy (non-hydrogen) atoms. The van der Waals surface area contributed by atoms with Crippen LogP contribution in [0.4, 0.5) is 0 Å². The zero-order valence-corrected chi connectivity index (χ0v) is 14.8. The van der Waals surface area contributed by atoms with Crippen LogP contribution in [-0.2, 0) is 6.54 Å². The Labute approximate surface area is 154 Å². The Hall–Kier alpha value is -2.21. The molecule has 1 atom stereocenters. The second-order valence-electron chi connectivity index (χ2n) is 6.11. The highest BCUT2D eigenvalue weighted by Crippen LogP contribution is 2.23. The molecular formula is C19H22ClN5. The van der Waals surface area contributed by atoms with E-state index in [0.717, 1.165) is 31.9 Å². The summed E-state index contributed by atoms with van der Waals surface area (Å²) in [5, 5.41) is 3.50. The Balaban J connectivity index is 0.00000182. The number of piperazine rings is 1. The van der Waals surface area contributed by atoms with Crippen molar-refractivity contribution in [3.05, 3.63) is 78.6 Å². The smallest absolute Gasteiger partial charge is 0.0991 e. The van der Waals surface area contributed by atoms with Gasteiger partial charge in [0.05, 0.1) is 6.33 Å². The van der Waals surface area contributed by atoms with Crippen LogP contribution in [-0.4, -0.2) is 39.1 Å². The Kier molecular flexibility index (Phi) is 5.81. The zero-order chi connectivity index (χ0) is 16.2. The molecule has 0 aliphatic carbocycles. The first-order chi connectivity index (χ1) is 11.9. The normalized spacial score (nSPS) is 17.8. The second kappa shape index (κ2) is 8.25. The lowest BCUT2D eigenvalue weighted by atomic mass is 10.0. The first kappa shape index (κ1) is 17.6. The van der Waals surface area contributed by atoms with E-state index in [0.29, 0.717) is 6.04 Å². The first-order valence-electron chi connectivity index (χ1n) is 8.32. The van der Waals surface area contributed by atoms with E-state index in [9.17, 15) is 0 Å². The van der Waals surface area contributed by atoms with Gasteiger partial charge in [-0.05, 0) is 29.3 Å². The lowest BCUT2D eigenvalue weighted by Crippen LogP contribution is -2.45. The van der Waals surface area contributed by atoms with Gasteiger partial charge in [0.25, 0.3) is 0 Å². The van der Waals surface area contributed by atoms with Gasteiger partial charge in [0, 0.05) is 62.7 Å². The summed E-state index contributed by atoms with van der Waals surface area (Å²) >= 11 is 0.